The van der Waals surface area contributed by atoms with E-state index < -0.39 is 27.9 Å². The van der Waals surface area contributed by atoms with Gasteiger partial charge in [0, 0.05) is 21.6 Å². The van der Waals surface area contributed by atoms with Gasteiger partial charge in [0.1, 0.15) is 0 Å². The first kappa shape index (κ1) is 15.8. The molecule has 0 amide bonds. The Kier molecular flexibility index (Phi) is 4.89. The van der Waals surface area contributed by atoms with Crippen molar-refractivity contribution in [2.24, 2.45) is 0 Å². The summed E-state index contributed by atoms with van der Waals surface area (Å²) in [7, 11) is 0. The molecule has 0 bridgehead atoms. The Morgan fingerprint density at radius 2 is 1.86 bits per heavy atom. The van der Waals surface area contributed by atoms with Gasteiger partial charge in [-0.05, 0) is 55.6 Å². The number of nitro groups is 1. The van der Waals surface area contributed by atoms with Gasteiger partial charge < -0.3 is 5.32 Å². The molecule has 0 spiro atoms. The SMILES string of the molecule is O=[N+]([O-])c1ccc(F)c(F)c1NCc1ccc(Br)c(Br)c1. The standard InChI is InChI=1S/C13H8Br2F2N2O2/c14-8-2-1-7(5-9(8)15)6-18-13-11(19(20)21)4-3-10(16)12(13)17/h1-5,18H,6H2. The molecule has 2 aromatic carbocycles. The third-order valence-corrected chi connectivity index (χ3v) is 4.60. The normalized spacial score (nSPS) is 10.5. The topological polar surface area (TPSA) is 55.2 Å². The molecule has 0 saturated carbocycles. The first-order chi connectivity index (χ1) is 9.90. The monoisotopic (exact) mass is 420 g/mol. The Morgan fingerprint density at radius 1 is 1.14 bits per heavy atom. The molecule has 0 aliphatic rings. The Bertz CT molecular complexity index is 711. The molecule has 110 valence electrons. The van der Waals surface area contributed by atoms with E-state index in [9.17, 15) is 18.9 Å². The van der Waals surface area contributed by atoms with Gasteiger partial charge >= 0.3 is 0 Å². The van der Waals surface area contributed by atoms with Crippen molar-refractivity contribution in [1.29, 1.82) is 0 Å². The highest BCUT2D eigenvalue weighted by Gasteiger charge is 2.21. The maximum atomic E-state index is 13.7. The lowest BCUT2D eigenvalue weighted by Gasteiger charge is -2.09. The van der Waals surface area contributed by atoms with E-state index in [1.54, 1.807) is 18.2 Å². The molecular weight excluding hydrogens is 414 g/mol. The van der Waals surface area contributed by atoms with Crippen LogP contribution in [0.3, 0.4) is 0 Å². The molecule has 0 fully saturated rings. The Labute approximate surface area is 135 Å². The van der Waals surface area contributed by atoms with Crippen LogP contribution >= 0.6 is 31.9 Å². The van der Waals surface area contributed by atoms with Crippen LogP contribution < -0.4 is 5.32 Å². The molecule has 0 aromatic heterocycles. The summed E-state index contributed by atoms with van der Waals surface area (Å²) in [5.74, 6) is -2.40. The lowest BCUT2D eigenvalue weighted by Crippen LogP contribution is -2.06. The summed E-state index contributed by atoms with van der Waals surface area (Å²) >= 11 is 6.63. The lowest BCUT2D eigenvalue weighted by molar-refractivity contribution is -0.384. The molecule has 0 unspecified atom stereocenters. The first-order valence-electron chi connectivity index (χ1n) is 5.70. The fourth-order valence-corrected chi connectivity index (χ4v) is 2.37. The Hall–Kier alpha value is -1.54. The van der Waals surface area contributed by atoms with E-state index in [1.807, 2.05) is 0 Å². The van der Waals surface area contributed by atoms with Gasteiger partial charge in [0.15, 0.2) is 17.3 Å². The average molecular weight is 422 g/mol. The molecule has 0 aliphatic heterocycles. The number of hydrogen-bond acceptors (Lipinski definition) is 3. The summed E-state index contributed by atoms with van der Waals surface area (Å²) in [5.41, 5.74) is -0.216. The molecular formula is C13H8Br2F2N2O2. The molecule has 2 rings (SSSR count). The van der Waals surface area contributed by atoms with Gasteiger partial charge in [0.05, 0.1) is 4.92 Å². The molecule has 4 nitrogen and oxygen atoms in total. The second-order valence-corrected chi connectivity index (χ2v) is 5.82. The molecule has 8 heteroatoms. The molecule has 0 radical (unpaired) electrons. The molecule has 0 heterocycles. The second-order valence-electron chi connectivity index (χ2n) is 4.11. The predicted molar refractivity (Wildman–Crippen MR) is 82.2 cm³/mol. The summed E-state index contributed by atoms with van der Waals surface area (Å²) in [6.07, 6.45) is 0. The van der Waals surface area contributed by atoms with Crippen molar-refractivity contribution in [3.05, 3.63) is 66.6 Å². The lowest BCUT2D eigenvalue weighted by atomic mass is 10.2. The maximum absolute atomic E-state index is 13.7. The highest BCUT2D eigenvalue weighted by molar-refractivity contribution is 9.13. The van der Waals surface area contributed by atoms with Gasteiger partial charge in [-0.25, -0.2) is 8.78 Å². The number of halogens is 4. The van der Waals surface area contributed by atoms with Gasteiger partial charge in [0.25, 0.3) is 5.69 Å². The van der Waals surface area contributed by atoms with Crippen molar-refractivity contribution < 1.29 is 13.7 Å². The number of nitrogens with zero attached hydrogens (tertiary/aromatic N) is 1. The fourth-order valence-electron chi connectivity index (χ4n) is 1.70. The smallest absolute Gasteiger partial charge is 0.295 e. The second kappa shape index (κ2) is 6.48. The van der Waals surface area contributed by atoms with Crippen LogP contribution in [0.2, 0.25) is 0 Å². The van der Waals surface area contributed by atoms with Crippen LogP contribution in [0.1, 0.15) is 5.56 Å². The number of hydrogen-bond donors (Lipinski definition) is 1. The van der Waals surface area contributed by atoms with Crippen LogP contribution in [0.15, 0.2) is 39.3 Å². The van der Waals surface area contributed by atoms with E-state index in [-0.39, 0.29) is 6.54 Å². The summed E-state index contributed by atoms with van der Waals surface area (Å²) in [5, 5.41) is 13.4. The van der Waals surface area contributed by atoms with Crippen LogP contribution in [0.25, 0.3) is 0 Å². The first-order valence-corrected chi connectivity index (χ1v) is 7.29. The van der Waals surface area contributed by atoms with Crippen LogP contribution in [0.5, 0.6) is 0 Å². The fraction of sp³-hybridized carbons (Fsp3) is 0.0769. The van der Waals surface area contributed by atoms with Gasteiger partial charge in [0.2, 0.25) is 0 Å². The van der Waals surface area contributed by atoms with Crippen LogP contribution in [-0.2, 0) is 6.54 Å². The average Bonchev–Trinajstić information content (AvgIpc) is 2.43. The predicted octanol–water partition coefficient (Wildman–Crippen LogP) is 5.01. The van der Waals surface area contributed by atoms with Crippen LogP contribution in [0, 0.1) is 21.7 Å². The number of nitro benzene ring substituents is 1. The molecule has 1 N–H and O–H groups in total. The number of nitrogens with one attached hydrogen (secondary N) is 1. The third kappa shape index (κ3) is 3.56. The van der Waals surface area contributed by atoms with E-state index in [4.69, 9.17) is 0 Å². The third-order valence-electron chi connectivity index (χ3n) is 2.72. The van der Waals surface area contributed by atoms with E-state index in [1.165, 1.54) is 0 Å². The van der Waals surface area contributed by atoms with Crippen molar-refractivity contribution in [2.75, 3.05) is 5.32 Å². The van der Waals surface area contributed by atoms with E-state index in [2.05, 4.69) is 37.2 Å². The Balaban J connectivity index is 2.28. The van der Waals surface area contributed by atoms with Gasteiger partial charge in [-0.2, -0.15) is 0 Å². The van der Waals surface area contributed by atoms with E-state index >= 15 is 0 Å². The van der Waals surface area contributed by atoms with E-state index in [0.717, 1.165) is 26.6 Å². The quantitative estimate of drug-likeness (QED) is 0.557. The maximum Gasteiger partial charge on any atom is 0.295 e. The van der Waals surface area contributed by atoms with E-state index in [0.29, 0.717) is 0 Å². The number of rotatable bonds is 4. The number of benzene rings is 2. The summed E-state index contributed by atoms with van der Waals surface area (Å²) in [6, 6.07) is 6.95. The largest absolute Gasteiger partial charge is 0.373 e. The highest BCUT2D eigenvalue weighted by Crippen LogP contribution is 2.30. The zero-order chi connectivity index (χ0) is 15.6. The zero-order valence-corrected chi connectivity index (χ0v) is 13.5. The molecule has 0 atom stereocenters. The minimum Gasteiger partial charge on any atom is -0.373 e. The summed E-state index contributed by atoms with van der Waals surface area (Å²) < 4.78 is 28.6. The van der Waals surface area contributed by atoms with Crippen molar-refractivity contribution in [3.8, 4) is 0 Å². The summed E-state index contributed by atoms with van der Waals surface area (Å²) in [6.45, 7) is 0.118. The van der Waals surface area contributed by atoms with Gasteiger partial charge in [-0.1, -0.05) is 6.07 Å². The Morgan fingerprint density at radius 3 is 2.48 bits per heavy atom. The van der Waals surface area contributed by atoms with Gasteiger partial charge in [-0.3, -0.25) is 10.1 Å². The minimum absolute atomic E-state index is 0.118. The van der Waals surface area contributed by atoms with Crippen molar-refractivity contribution in [3.63, 3.8) is 0 Å². The number of anilines is 1. The van der Waals surface area contributed by atoms with Crippen molar-refractivity contribution >= 4 is 43.2 Å². The van der Waals surface area contributed by atoms with Gasteiger partial charge in [-0.15, -0.1) is 0 Å². The molecule has 0 saturated heterocycles. The molecule has 0 aliphatic carbocycles. The highest BCUT2D eigenvalue weighted by atomic mass is 79.9. The minimum atomic E-state index is -1.26. The molecule has 21 heavy (non-hydrogen) atoms. The summed E-state index contributed by atoms with van der Waals surface area (Å²) in [4.78, 5) is 10.1. The van der Waals surface area contributed by atoms with Crippen molar-refractivity contribution in [1.82, 2.24) is 0 Å². The molecule has 2 aromatic rings. The van der Waals surface area contributed by atoms with Crippen LogP contribution in [0.4, 0.5) is 20.2 Å². The van der Waals surface area contributed by atoms with Crippen LogP contribution in [-0.4, -0.2) is 4.92 Å². The zero-order valence-electron chi connectivity index (χ0n) is 10.4. The van der Waals surface area contributed by atoms with Crippen molar-refractivity contribution in [2.45, 2.75) is 6.54 Å².